The molecule has 0 spiro atoms. The molecule has 82 valence electrons. The van der Waals surface area contributed by atoms with E-state index in [2.05, 4.69) is 38.2 Å². The zero-order valence-electron chi connectivity index (χ0n) is 9.87. The lowest BCUT2D eigenvalue weighted by atomic mass is 9.86. The zero-order chi connectivity index (χ0) is 11.0. The van der Waals surface area contributed by atoms with Gasteiger partial charge in [0.25, 0.3) is 0 Å². The Balaban J connectivity index is 2.38. The van der Waals surface area contributed by atoms with Gasteiger partial charge in [-0.15, -0.1) is 0 Å². The van der Waals surface area contributed by atoms with Crippen LogP contribution in [0.15, 0.2) is 18.2 Å². The minimum absolute atomic E-state index is 0.520. The van der Waals surface area contributed by atoms with Crippen molar-refractivity contribution in [3.8, 4) is 5.75 Å². The van der Waals surface area contributed by atoms with Crippen molar-refractivity contribution in [1.29, 1.82) is 0 Å². The van der Waals surface area contributed by atoms with Crippen LogP contribution in [0.4, 0.5) is 5.69 Å². The smallest absolute Gasteiger partial charge is 0.120 e. The summed E-state index contributed by atoms with van der Waals surface area (Å²) >= 11 is 0. The van der Waals surface area contributed by atoms with Gasteiger partial charge in [-0.25, -0.2) is 0 Å². The summed E-state index contributed by atoms with van der Waals surface area (Å²) in [5, 5.41) is 3.52. The van der Waals surface area contributed by atoms with Crippen molar-refractivity contribution >= 4 is 5.69 Å². The summed E-state index contributed by atoms with van der Waals surface area (Å²) in [6.07, 6.45) is 0. The van der Waals surface area contributed by atoms with Crippen LogP contribution in [0.25, 0.3) is 0 Å². The first-order valence-electron chi connectivity index (χ1n) is 5.58. The molecule has 2 unspecified atom stereocenters. The van der Waals surface area contributed by atoms with E-state index >= 15 is 0 Å². The Kier molecular flexibility index (Phi) is 2.59. The molecule has 0 bridgehead atoms. The molecule has 0 fully saturated rings. The van der Waals surface area contributed by atoms with Crippen LogP contribution in [-0.4, -0.2) is 13.2 Å². The van der Waals surface area contributed by atoms with Gasteiger partial charge in [-0.2, -0.15) is 0 Å². The topological polar surface area (TPSA) is 21.3 Å². The maximum absolute atomic E-state index is 5.23. The molecule has 0 aliphatic carbocycles. The standard InChI is InChI=1S/C13H19NO/c1-8(2)13-9(3)14-12-7-10(15-4)5-6-11(12)13/h5-9,13-14H,1-4H3. The summed E-state index contributed by atoms with van der Waals surface area (Å²) in [4.78, 5) is 0. The van der Waals surface area contributed by atoms with Crippen molar-refractivity contribution in [2.75, 3.05) is 12.4 Å². The molecule has 1 heterocycles. The molecule has 1 aliphatic heterocycles. The largest absolute Gasteiger partial charge is 0.497 e. The number of nitrogens with one attached hydrogen (secondary N) is 1. The van der Waals surface area contributed by atoms with Gasteiger partial charge in [0, 0.05) is 23.7 Å². The maximum Gasteiger partial charge on any atom is 0.120 e. The van der Waals surface area contributed by atoms with E-state index in [-0.39, 0.29) is 0 Å². The molecule has 0 saturated carbocycles. The number of benzene rings is 1. The molecule has 0 aromatic heterocycles. The van der Waals surface area contributed by atoms with Crippen LogP contribution in [0.1, 0.15) is 32.3 Å². The monoisotopic (exact) mass is 205 g/mol. The third kappa shape index (κ3) is 1.69. The summed E-state index contributed by atoms with van der Waals surface area (Å²) in [7, 11) is 1.71. The molecular weight excluding hydrogens is 186 g/mol. The van der Waals surface area contributed by atoms with E-state index in [0.29, 0.717) is 17.9 Å². The fourth-order valence-electron chi connectivity index (χ4n) is 2.62. The Morgan fingerprint density at radius 1 is 1.33 bits per heavy atom. The predicted octanol–water partition coefficient (Wildman–Crippen LogP) is 3.25. The van der Waals surface area contributed by atoms with Gasteiger partial charge >= 0.3 is 0 Å². The fraction of sp³-hybridized carbons (Fsp3) is 0.538. The molecule has 2 rings (SSSR count). The number of fused-ring (bicyclic) bond motifs is 1. The number of anilines is 1. The van der Waals surface area contributed by atoms with Gasteiger partial charge in [0.15, 0.2) is 0 Å². The second-order valence-corrected chi connectivity index (χ2v) is 4.66. The number of rotatable bonds is 2. The van der Waals surface area contributed by atoms with E-state index in [1.807, 2.05) is 6.07 Å². The minimum atomic E-state index is 0.520. The van der Waals surface area contributed by atoms with Gasteiger partial charge in [-0.05, 0) is 24.5 Å². The zero-order valence-corrected chi connectivity index (χ0v) is 9.87. The predicted molar refractivity (Wildman–Crippen MR) is 63.7 cm³/mol. The molecule has 0 radical (unpaired) electrons. The second-order valence-electron chi connectivity index (χ2n) is 4.66. The Morgan fingerprint density at radius 3 is 2.67 bits per heavy atom. The van der Waals surface area contributed by atoms with E-state index in [1.165, 1.54) is 11.3 Å². The number of hydrogen-bond donors (Lipinski definition) is 1. The molecule has 1 N–H and O–H groups in total. The number of methoxy groups -OCH3 is 1. The molecule has 0 saturated heterocycles. The highest BCUT2D eigenvalue weighted by Crippen LogP contribution is 2.41. The molecule has 0 amide bonds. The van der Waals surface area contributed by atoms with E-state index in [9.17, 15) is 0 Å². The van der Waals surface area contributed by atoms with Gasteiger partial charge < -0.3 is 10.1 Å². The average Bonchev–Trinajstić information content (AvgIpc) is 2.52. The average molecular weight is 205 g/mol. The molecule has 15 heavy (non-hydrogen) atoms. The summed E-state index contributed by atoms with van der Waals surface area (Å²) in [6.45, 7) is 6.81. The Labute approximate surface area is 91.6 Å². The first kappa shape index (κ1) is 10.3. The van der Waals surface area contributed by atoms with Crippen molar-refractivity contribution in [2.45, 2.75) is 32.7 Å². The molecule has 2 heteroatoms. The molecule has 1 aromatic rings. The third-order valence-corrected chi connectivity index (χ3v) is 3.26. The molecule has 1 aromatic carbocycles. The van der Waals surface area contributed by atoms with E-state index < -0.39 is 0 Å². The highest BCUT2D eigenvalue weighted by Gasteiger charge is 2.31. The SMILES string of the molecule is COc1ccc2c(c1)NC(C)C2C(C)C. The molecular formula is C13H19NO. The van der Waals surface area contributed by atoms with Gasteiger partial charge in [0.1, 0.15) is 5.75 Å². The number of hydrogen-bond acceptors (Lipinski definition) is 2. The number of ether oxygens (including phenoxy) is 1. The highest BCUT2D eigenvalue weighted by molar-refractivity contribution is 5.62. The van der Waals surface area contributed by atoms with Crippen LogP contribution in [-0.2, 0) is 0 Å². The first-order chi connectivity index (χ1) is 7.13. The van der Waals surface area contributed by atoms with Crippen LogP contribution >= 0.6 is 0 Å². The Hall–Kier alpha value is -1.18. The van der Waals surface area contributed by atoms with Crippen LogP contribution in [0, 0.1) is 5.92 Å². The second kappa shape index (κ2) is 3.76. The van der Waals surface area contributed by atoms with Gasteiger partial charge in [-0.1, -0.05) is 19.9 Å². The summed E-state index contributed by atoms with van der Waals surface area (Å²) < 4.78 is 5.23. The van der Waals surface area contributed by atoms with Crippen molar-refractivity contribution in [3.63, 3.8) is 0 Å². The van der Waals surface area contributed by atoms with Gasteiger partial charge in [-0.3, -0.25) is 0 Å². The molecule has 1 aliphatic rings. The van der Waals surface area contributed by atoms with Crippen LogP contribution < -0.4 is 10.1 Å². The first-order valence-corrected chi connectivity index (χ1v) is 5.58. The van der Waals surface area contributed by atoms with Crippen molar-refractivity contribution in [3.05, 3.63) is 23.8 Å². The highest BCUT2D eigenvalue weighted by atomic mass is 16.5. The normalized spacial score (nSPS) is 23.8. The Bertz CT molecular complexity index is 360. The minimum Gasteiger partial charge on any atom is -0.497 e. The lowest BCUT2D eigenvalue weighted by Gasteiger charge is -2.19. The van der Waals surface area contributed by atoms with Crippen LogP contribution in [0.5, 0.6) is 5.75 Å². The van der Waals surface area contributed by atoms with Gasteiger partial charge in [0.05, 0.1) is 7.11 Å². The van der Waals surface area contributed by atoms with Crippen LogP contribution in [0.2, 0.25) is 0 Å². The lowest BCUT2D eigenvalue weighted by Crippen LogP contribution is -2.20. The third-order valence-electron chi connectivity index (χ3n) is 3.26. The van der Waals surface area contributed by atoms with E-state index in [4.69, 9.17) is 4.74 Å². The Morgan fingerprint density at radius 2 is 2.07 bits per heavy atom. The summed E-state index contributed by atoms with van der Waals surface area (Å²) in [5.74, 6) is 2.21. The van der Waals surface area contributed by atoms with Crippen LogP contribution in [0.3, 0.4) is 0 Å². The van der Waals surface area contributed by atoms with Crippen molar-refractivity contribution in [2.24, 2.45) is 5.92 Å². The fourth-order valence-corrected chi connectivity index (χ4v) is 2.62. The van der Waals surface area contributed by atoms with E-state index in [0.717, 1.165) is 5.75 Å². The maximum atomic E-state index is 5.23. The quantitative estimate of drug-likeness (QED) is 0.800. The molecule has 2 nitrogen and oxygen atoms in total. The summed E-state index contributed by atoms with van der Waals surface area (Å²) in [5.41, 5.74) is 2.67. The van der Waals surface area contributed by atoms with Crippen molar-refractivity contribution in [1.82, 2.24) is 0 Å². The van der Waals surface area contributed by atoms with Gasteiger partial charge in [0.2, 0.25) is 0 Å². The van der Waals surface area contributed by atoms with Crippen molar-refractivity contribution < 1.29 is 4.74 Å². The lowest BCUT2D eigenvalue weighted by molar-refractivity contribution is 0.414. The van der Waals surface area contributed by atoms with E-state index in [1.54, 1.807) is 7.11 Å². The summed E-state index contributed by atoms with van der Waals surface area (Å²) in [6, 6.07) is 6.85. The molecule has 2 atom stereocenters.